The molecule has 1 aromatic heterocycles. The number of hydrogen-bond acceptors (Lipinski definition) is 4. The third-order valence-corrected chi connectivity index (χ3v) is 3.57. The van der Waals surface area contributed by atoms with Crippen LogP contribution in [-0.4, -0.2) is 17.3 Å². The summed E-state index contributed by atoms with van der Waals surface area (Å²) in [7, 11) is 1.58. The summed E-state index contributed by atoms with van der Waals surface area (Å²) in [4.78, 5) is 0. The topological polar surface area (TPSA) is 46.2 Å². The number of nitrogens with zero attached hydrogens (tertiary/aromatic N) is 2. The van der Waals surface area contributed by atoms with Gasteiger partial charge in [0.05, 0.1) is 7.11 Å². The fourth-order valence-corrected chi connectivity index (χ4v) is 2.63. The van der Waals surface area contributed by atoms with Crippen molar-refractivity contribution in [1.82, 2.24) is 5.10 Å². The fourth-order valence-electron chi connectivity index (χ4n) is 1.78. The van der Waals surface area contributed by atoms with Crippen LogP contribution in [0.1, 0.15) is 22.5 Å². The van der Waals surface area contributed by atoms with Gasteiger partial charge in [0, 0.05) is 17.2 Å². The highest BCUT2D eigenvalue weighted by Crippen LogP contribution is 2.23. The van der Waals surface area contributed by atoms with Crippen LogP contribution < -0.4 is 9.42 Å². The average molecular weight is 277 g/mol. The van der Waals surface area contributed by atoms with E-state index in [-0.39, 0.29) is 5.75 Å². The van der Waals surface area contributed by atoms with Gasteiger partial charge in [-0.3, -0.25) is 0 Å². The molecule has 0 bridgehead atoms. The Morgan fingerprint density at radius 1 is 1.37 bits per heavy atom. The molecule has 0 fully saturated rings. The number of methoxy groups -OCH3 is 1. The molecule has 0 spiro atoms. The molecule has 5 heteroatoms. The van der Waals surface area contributed by atoms with E-state index in [0.29, 0.717) is 5.75 Å². The fraction of sp³-hybridized carbons (Fsp3) is 0.286. The predicted octanol–water partition coefficient (Wildman–Crippen LogP) is 2.64. The van der Waals surface area contributed by atoms with E-state index in [2.05, 4.69) is 12.0 Å². The molecule has 100 valence electrons. The van der Waals surface area contributed by atoms with Crippen LogP contribution in [0.3, 0.4) is 0 Å². The lowest BCUT2D eigenvalue weighted by atomic mass is 10.2. The van der Waals surface area contributed by atoms with Crippen molar-refractivity contribution in [1.29, 1.82) is 0 Å². The second-order valence-electron chi connectivity index (χ2n) is 4.07. The number of aryl methyl sites for hydroxylation is 2. The summed E-state index contributed by atoms with van der Waals surface area (Å²) in [5.41, 5.74) is 0.894. The normalized spacial score (nSPS) is 11.1. The van der Waals surface area contributed by atoms with Crippen LogP contribution in [0.15, 0.2) is 18.2 Å². The maximum Gasteiger partial charge on any atom is 0.289 e. The van der Waals surface area contributed by atoms with E-state index in [9.17, 15) is 5.11 Å². The van der Waals surface area contributed by atoms with Crippen molar-refractivity contribution in [2.24, 2.45) is 0 Å². The zero-order chi connectivity index (χ0) is 13.8. The molecule has 0 aliphatic heterocycles. The number of aromatic hydroxyl groups is 1. The van der Waals surface area contributed by atoms with E-state index >= 15 is 0 Å². The van der Waals surface area contributed by atoms with E-state index in [1.807, 2.05) is 29.8 Å². The van der Waals surface area contributed by atoms with Gasteiger partial charge in [-0.15, -0.1) is 0 Å². The van der Waals surface area contributed by atoms with Crippen LogP contribution in [0.2, 0.25) is 0 Å². The van der Waals surface area contributed by atoms with Crippen LogP contribution in [-0.2, 0) is 6.54 Å². The minimum Gasteiger partial charge on any atom is -0.508 e. The first-order valence-electron chi connectivity index (χ1n) is 6.06. The summed E-state index contributed by atoms with van der Waals surface area (Å²) in [6.45, 7) is 4.90. The van der Waals surface area contributed by atoms with Gasteiger partial charge >= 0.3 is 0 Å². The molecule has 4 nitrogen and oxygen atoms in total. The summed E-state index contributed by atoms with van der Waals surface area (Å²) in [5.74, 6) is 0.839. The zero-order valence-corrected chi connectivity index (χ0v) is 12.1. The van der Waals surface area contributed by atoms with Gasteiger partial charge in [-0.25, -0.2) is 0 Å². The Labute approximate surface area is 116 Å². The Balaban J connectivity index is 2.29. The van der Waals surface area contributed by atoms with Crippen molar-refractivity contribution in [3.63, 3.8) is 0 Å². The largest absolute Gasteiger partial charge is 0.508 e. The van der Waals surface area contributed by atoms with Gasteiger partial charge in [-0.05, 0) is 49.0 Å². The lowest BCUT2D eigenvalue weighted by molar-refractivity contribution is -0.747. The molecule has 0 aliphatic rings. The second kappa shape index (κ2) is 5.84. The van der Waals surface area contributed by atoms with E-state index in [4.69, 9.17) is 4.74 Å². The van der Waals surface area contributed by atoms with E-state index in [1.165, 1.54) is 0 Å². The van der Waals surface area contributed by atoms with Gasteiger partial charge < -0.3 is 9.84 Å². The highest BCUT2D eigenvalue weighted by molar-refractivity contribution is 7.11. The van der Waals surface area contributed by atoms with Gasteiger partial charge in [-0.2, -0.15) is 0 Å². The molecule has 0 saturated heterocycles. The summed E-state index contributed by atoms with van der Waals surface area (Å²) in [6.07, 6.45) is 3.95. The maximum atomic E-state index is 9.60. The minimum atomic E-state index is 0.197. The van der Waals surface area contributed by atoms with Crippen LogP contribution in [0.25, 0.3) is 12.2 Å². The molecule has 0 amide bonds. The van der Waals surface area contributed by atoms with Crippen molar-refractivity contribution >= 4 is 23.5 Å². The molecule has 1 aromatic carbocycles. The van der Waals surface area contributed by atoms with Crippen LogP contribution in [0, 0.1) is 6.92 Å². The molecular formula is C14H17N2O2S+. The Hall–Kier alpha value is -1.88. The maximum absolute atomic E-state index is 9.60. The Bertz CT molecular complexity index is 605. The van der Waals surface area contributed by atoms with E-state index in [1.54, 1.807) is 30.6 Å². The average Bonchev–Trinajstić information content (AvgIpc) is 2.76. The van der Waals surface area contributed by atoms with Gasteiger partial charge in [0.1, 0.15) is 11.5 Å². The minimum absolute atomic E-state index is 0.197. The smallest absolute Gasteiger partial charge is 0.289 e. The third-order valence-electron chi connectivity index (χ3n) is 2.64. The molecular weight excluding hydrogens is 260 g/mol. The number of phenolic OH excluding ortho intramolecular Hbond substituents is 1. The number of aromatic nitrogens is 2. The molecule has 2 aromatic rings. The summed E-state index contributed by atoms with van der Waals surface area (Å²) < 4.78 is 7.08. The number of rotatable bonds is 4. The van der Waals surface area contributed by atoms with Gasteiger partial charge in [-0.1, -0.05) is 4.68 Å². The van der Waals surface area contributed by atoms with Crippen LogP contribution in [0.5, 0.6) is 11.5 Å². The predicted molar refractivity (Wildman–Crippen MR) is 76.3 cm³/mol. The Kier molecular flexibility index (Phi) is 4.16. The molecule has 0 unspecified atom stereocenters. The number of phenols is 1. The highest BCUT2D eigenvalue weighted by atomic mass is 32.1. The lowest BCUT2D eigenvalue weighted by Crippen LogP contribution is -2.36. The molecule has 19 heavy (non-hydrogen) atoms. The molecule has 2 rings (SSSR count). The first-order chi connectivity index (χ1) is 9.12. The van der Waals surface area contributed by atoms with Gasteiger partial charge in [0.25, 0.3) is 5.01 Å². The quantitative estimate of drug-likeness (QED) is 0.874. The van der Waals surface area contributed by atoms with E-state index < -0.39 is 0 Å². The molecule has 1 N–H and O–H groups in total. The molecule has 1 heterocycles. The first kappa shape index (κ1) is 13.5. The standard InChI is InChI=1S/C14H16N2O2S/c1-4-16-14(19-10(2)15-16)6-5-11-7-12(17)9-13(8-11)18-3/h5-9H,4H2,1-3H3/p+1/b6-5+. The molecule has 0 atom stereocenters. The third kappa shape index (κ3) is 3.32. The van der Waals surface area contributed by atoms with Gasteiger partial charge in [0.2, 0.25) is 0 Å². The van der Waals surface area contributed by atoms with Crippen LogP contribution >= 0.6 is 11.3 Å². The van der Waals surface area contributed by atoms with Crippen molar-refractivity contribution in [2.45, 2.75) is 20.4 Å². The van der Waals surface area contributed by atoms with Crippen molar-refractivity contribution in [3.8, 4) is 11.5 Å². The van der Waals surface area contributed by atoms with Gasteiger partial charge in [0.15, 0.2) is 11.6 Å². The second-order valence-corrected chi connectivity index (χ2v) is 5.29. The lowest BCUT2D eigenvalue weighted by Gasteiger charge is -2.01. The highest BCUT2D eigenvalue weighted by Gasteiger charge is 2.12. The monoisotopic (exact) mass is 277 g/mol. The number of hydrogen-bond donors (Lipinski definition) is 1. The summed E-state index contributed by atoms with van der Waals surface area (Å²) in [5, 5.41) is 16.1. The molecule has 0 radical (unpaired) electrons. The molecule has 0 saturated carbocycles. The summed E-state index contributed by atoms with van der Waals surface area (Å²) in [6, 6.07) is 5.16. The van der Waals surface area contributed by atoms with E-state index in [0.717, 1.165) is 22.1 Å². The Morgan fingerprint density at radius 2 is 2.16 bits per heavy atom. The molecule has 0 aliphatic carbocycles. The van der Waals surface area contributed by atoms with Crippen molar-refractivity contribution in [2.75, 3.05) is 7.11 Å². The van der Waals surface area contributed by atoms with Crippen LogP contribution in [0.4, 0.5) is 0 Å². The van der Waals surface area contributed by atoms with Crippen molar-refractivity contribution in [3.05, 3.63) is 33.8 Å². The Morgan fingerprint density at radius 3 is 2.84 bits per heavy atom. The summed E-state index contributed by atoms with van der Waals surface area (Å²) >= 11 is 1.64. The number of ether oxygens (including phenoxy) is 1. The first-order valence-corrected chi connectivity index (χ1v) is 6.87. The SMILES string of the molecule is CC[n+]1nc(C)sc1/C=C/c1cc(O)cc(OC)c1. The number of benzene rings is 1. The zero-order valence-electron chi connectivity index (χ0n) is 11.3. The van der Waals surface area contributed by atoms with Crippen molar-refractivity contribution < 1.29 is 14.5 Å².